The molecule has 2 aromatic carbocycles. The molecule has 3 aromatic rings. The summed E-state index contributed by atoms with van der Waals surface area (Å²) in [6.07, 6.45) is -0.740. The quantitative estimate of drug-likeness (QED) is 0.452. The van der Waals surface area contributed by atoms with Crippen LogP contribution in [0.4, 0.5) is 5.69 Å². The molecule has 1 aromatic heterocycles. The number of nitrogens with one attached hydrogen (secondary N) is 1. The average molecular weight is 438 g/mol. The number of aromatic nitrogens is 2. The smallest absolute Gasteiger partial charge is 0.262 e. The van der Waals surface area contributed by atoms with E-state index in [1.165, 1.54) is 4.57 Å². The number of benzene rings is 2. The molecule has 0 bridgehead atoms. The first-order valence-electron chi connectivity index (χ1n) is 8.41. The number of carbonyl (C=O) groups is 1. The van der Waals surface area contributed by atoms with Gasteiger partial charge in [-0.15, -0.1) is 0 Å². The van der Waals surface area contributed by atoms with Crippen molar-refractivity contribution in [1.29, 1.82) is 0 Å². The van der Waals surface area contributed by atoms with Crippen LogP contribution in [0.15, 0.2) is 52.4 Å². The van der Waals surface area contributed by atoms with Gasteiger partial charge in [-0.3, -0.25) is 14.2 Å². The van der Waals surface area contributed by atoms with Crippen LogP contribution in [0.1, 0.15) is 6.92 Å². The number of thioether (sulfide) groups is 1. The number of fused-ring (bicyclic) bond motifs is 1. The second-order valence-electron chi connectivity index (χ2n) is 6.11. The zero-order chi connectivity index (χ0) is 20.3. The van der Waals surface area contributed by atoms with E-state index in [2.05, 4.69) is 10.3 Å². The molecule has 1 heterocycles. The molecule has 1 amide bonds. The minimum atomic E-state index is -0.740. The Bertz CT molecular complexity index is 1070. The fourth-order valence-electron chi connectivity index (χ4n) is 2.61. The molecular weight excluding hydrogens is 421 g/mol. The SMILES string of the molecule is CC(O)Cn1c(SCC(=O)Nc2c(Cl)cccc2Cl)nc2ccccc2c1=O. The maximum absolute atomic E-state index is 12.8. The lowest BCUT2D eigenvalue weighted by atomic mass is 10.2. The molecule has 0 saturated heterocycles. The molecule has 0 radical (unpaired) electrons. The molecule has 0 fully saturated rings. The number of anilines is 1. The minimum Gasteiger partial charge on any atom is -0.392 e. The van der Waals surface area contributed by atoms with Crippen LogP contribution in [0.3, 0.4) is 0 Å². The van der Waals surface area contributed by atoms with Gasteiger partial charge in [0.1, 0.15) is 0 Å². The second-order valence-corrected chi connectivity index (χ2v) is 7.87. The number of carbonyl (C=O) groups excluding carboxylic acids is 1. The highest BCUT2D eigenvalue weighted by molar-refractivity contribution is 7.99. The molecular formula is C19H17Cl2N3O3S. The summed E-state index contributed by atoms with van der Waals surface area (Å²) in [5, 5.41) is 13.9. The summed E-state index contributed by atoms with van der Waals surface area (Å²) in [7, 11) is 0. The van der Waals surface area contributed by atoms with Crippen LogP contribution >= 0.6 is 35.0 Å². The first kappa shape index (κ1) is 20.7. The summed E-state index contributed by atoms with van der Waals surface area (Å²) in [5.74, 6) is -0.349. The zero-order valence-corrected chi connectivity index (χ0v) is 17.2. The van der Waals surface area contributed by atoms with Crippen LogP contribution in [0.5, 0.6) is 0 Å². The molecule has 0 aliphatic carbocycles. The minimum absolute atomic E-state index is 0.00780. The third-order valence-electron chi connectivity index (χ3n) is 3.83. The van der Waals surface area contributed by atoms with Crippen molar-refractivity contribution >= 4 is 57.5 Å². The molecule has 0 spiro atoms. The number of amides is 1. The van der Waals surface area contributed by atoms with Crippen molar-refractivity contribution < 1.29 is 9.90 Å². The highest BCUT2D eigenvalue weighted by atomic mass is 35.5. The van der Waals surface area contributed by atoms with Crippen molar-refractivity contribution in [2.75, 3.05) is 11.1 Å². The van der Waals surface area contributed by atoms with E-state index < -0.39 is 6.10 Å². The fraction of sp³-hybridized carbons (Fsp3) is 0.211. The maximum atomic E-state index is 12.8. The number of halogens is 2. The fourth-order valence-corrected chi connectivity index (χ4v) is 3.91. The summed E-state index contributed by atoms with van der Waals surface area (Å²) in [4.78, 5) is 29.6. The van der Waals surface area contributed by atoms with Crippen LogP contribution in [-0.4, -0.2) is 32.4 Å². The monoisotopic (exact) mass is 437 g/mol. The highest BCUT2D eigenvalue weighted by Crippen LogP contribution is 2.30. The summed E-state index contributed by atoms with van der Waals surface area (Å²) in [6.45, 7) is 1.67. The van der Waals surface area contributed by atoms with Gasteiger partial charge in [0.2, 0.25) is 5.91 Å². The van der Waals surface area contributed by atoms with Crippen molar-refractivity contribution in [3.8, 4) is 0 Å². The van der Waals surface area contributed by atoms with E-state index in [1.54, 1.807) is 49.4 Å². The molecule has 1 unspecified atom stereocenters. The zero-order valence-electron chi connectivity index (χ0n) is 14.9. The predicted molar refractivity (Wildman–Crippen MR) is 113 cm³/mol. The Morgan fingerprint density at radius 1 is 1.21 bits per heavy atom. The van der Waals surface area contributed by atoms with Gasteiger partial charge in [0.15, 0.2) is 5.16 Å². The summed E-state index contributed by atoms with van der Waals surface area (Å²) in [5.41, 5.74) is 0.610. The van der Waals surface area contributed by atoms with Gasteiger partial charge in [0, 0.05) is 0 Å². The maximum Gasteiger partial charge on any atom is 0.262 e. The Labute approximate surface area is 175 Å². The molecule has 6 nitrogen and oxygen atoms in total. The van der Waals surface area contributed by atoms with Gasteiger partial charge in [-0.25, -0.2) is 4.98 Å². The summed E-state index contributed by atoms with van der Waals surface area (Å²) < 4.78 is 1.38. The molecule has 146 valence electrons. The average Bonchev–Trinajstić information content (AvgIpc) is 2.65. The lowest BCUT2D eigenvalue weighted by molar-refractivity contribution is -0.113. The van der Waals surface area contributed by atoms with Crippen LogP contribution in [-0.2, 0) is 11.3 Å². The number of aliphatic hydroxyl groups is 1. The second kappa shape index (κ2) is 8.96. The first-order chi connectivity index (χ1) is 13.4. The van der Waals surface area contributed by atoms with E-state index in [0.717, 1.165) is 11.8 Å². The number of hydrogen-bond donors (Lipinski definition) is 2. The van der Waals surface area contributed by atoms with Crippen LogP contribution < -0.4 is 10.9 Å². The van der Waals surface area contributed by atoms with Crippen molar-refractivity contribution in [2.45, 2.75) is 24.7 Å². The lowest BCUT2D eigenvalue weighted by Crippen LogP contribution is -2.28. The number of rotatable bonds is 6. The third-order valence-corrected chi connectivity index (χ3v) is 5.44. The predicted octanol–water partition coefficient (Wildman–Crippen LogP) is 3.81. The molecule has 9 heteroatoms. The number of aliphatic hydroxyl groups excluding tert-OH is 1. The van der Waals surface area contributed by atoms with Crippen LogP contribution in [0.25, 0.3) is 10.9 Å². The summed E-state index contributed by atoms with van der Waals surface area (Å²) in [6, 6.07) is 11.9. The van der Waals surface area contributed by atoms with E-state index in [-0.39, 0.29) is 23.8 Å². The summed E-state index contributed by atoms with van der Waals surface area (Å²) >= 11 is 13.2. The van der Waals surface area contributed by atoms with Crippen LogP contribution in [0, 0.1) is 0 Å². The molecule has 1 atom stereocenters. The highest BCUT2D eigenvalue weighted by Gasteiger charge is 2.16. The van der Waals surface area contributed by atoms with Gasteiger partial charge in [-0.1, -0.05) is 53.2 Å². The standard InChI is InChI=1S/C19H17Cl2N3O3S/c1-11(25)9-24-18(27)12-5-2-3-8-15(12)22-19(24)28-10-16(26)23-17-13(20)6-4-7-14(17)21/h2-8,11,25H,9-10H2,1H3,(H,23,26). The molecule has 0 saturated carbocycles. The van der Waals surface area contributed by atoms with E-state index in [1.807, 2.05) is 0 Å². The number of nitrogens with zero attached hydrogens (tertiary/aromatic N) is 2. The van der Waals surface area contributed by atoms with Gasteiger partial charge in [0.05, 0.1) is 45.0 Å². The van der Waals surface area contributed by atoms with Crippen molar-refractivity contribution in [2.24, 2.45) is 0 Å². The Balaban J connectivity index is 1.85. The van der Waals surface area contributed by atoms with Gasteiger partial charge in [0.25, 0.3) is 5.56 Å². The van der Waals surface area contributed by atoms with Gasteiger partial charge < -0.3 is 10.4 Å². The van der Waals surface area contributed by atoms with Crippen molar-refractivity contribution in [3.05, 3.63) is 62.9 Å². The van der Waals surface area contributed by atoms with E-state index >= 15 is 0 Å². The Kier molecular flexibility index (Phi) is 6.61. The third kappa shape index (κ3) is 4.67. The number of hydrogen-bond acceptors (Lipinski definition) is 5. The van der Waals surface area contributed by atoms with Gasteiger partial charge in [-0.2, -0.15) is 0 Å². The van der Waals surface area contributed by atoms with Crippen molar-refractivity contribution in [3.63, 3.8) is 0 Å². The van der Waals surface area contributed by atoms with Crippen molar-refractivity contribution in [1.82, 2.24) is 9.55 Å². The molecule has 0 aliphatic rings. The van der Waals surface area contributed by atoms with Gasteiger partial charge >= 0.3 is 0 Å². The van der Waals surface area contributed by atoms with E-state index in [0.29, 0.717) is 31.8 Å². The van der Waals surface area contributed by atoms with E-state index in [9.17, 15) is 14.7 Å². The normalized spacial score (nSPS) is 12.1. The first-order valence-corrected chi connectivity index (χ1v) is 10.1. The topological polar surface area (TPSA) is 84.2 Å². The molecule has 3 rings (SSSR count). The Hall–Kier alpha value is -2.06. The molecule has 28 heavy (non-hydrogen) atoms. The molecule has 0 aliphatic heterocycles. The van der Waals surface area contributed by atoms with Gasteiger partial charge in [-0.05, 0) is 31.2 Å². The Morgan fingerprint density at radius 2 is 1.89 bits per heavy atom. The number of para-hydroxylation sites is 2. The molecule has 2 N–H and O–H groups in total. The largest absolute Gasteiger partial charge is 0.392 e. The van der Waals surface area contributed by atoms with Crippen LogP contribution in [0.2, 0.25) is 10.0 Å². The van der Waals surface area contributed by atoms with E-state index in [4.69, 9.17) is 23.2 Å². The lowest BCUT2D eigenvalue weighted by Gasteiger charge is -2.14. The Morgan fingerprint density at radius 3 is 2.57 bits per heavy atom.